The molecule has 0 bridgehead atoms. The Labute approximate surface area is 201 Å². The van der Waals surface area contributed by atoms with Gasteiger partial charge in [0.1, 0.15) is 29.8 Å². The number of hydrogen-bond acceptors (Lipinski definition) is 6. The van der Waals surface area contributed by atoms with Gasteiger partial charge in [0.15, 0.2) is 0 Å². The average molecular weight is 475 g/mol. The second kappa shape index (κ2) is 9.46. The quantitative estimate of drug-likeness (QED) is 0.427. The molecule has 6 atom stereocenters. The highest BCUT2D eigenvalue weighted by molar-refractivity contribution is 5.99. The van der Waals surface area contributed by atoms with Gasteiger partial charge in [-0.3, -0.25) is 14.4 Å². The number of nitrogens with zero attached hydrogens (tertiary/aromatic N) is 2. The van der Waals surface area contributed by atoms with E-state index in [0.717, 1.165) is 12.8 Å². The molecule has 4 aliphatic heterocycles. The van der Waals surface area contributed by atoms with E-state index in [0.29, 0.717) is 25.9 Å². The van der Waals surface area contributed by atoms with Crippen molar-refractivity contribution >= 4 is 17.8 Å². The summed E-state index contributed by atoms with van der Waals surface area (Å²) in [4.78, 5) is 44.8. The van der Waals surface area contributed by atoms with Crippen molar-refractivity contribution < 1.29 is 29.0 Å². The van der Waals surface area contributed by atoms with Crippen LogP contribution in [0, 0.1) is 17.8 Å². The number of aliphatic hydroxyl groups is 1. The van der Waals surface area contributed by atoms with E-state index in [-0.39, 0.29) is 30.9 Å². The molecule has 0 radical (unpaired) electrons. The lowest BCUT2D eigenvalue weighted by atomic mass is 9.73. The maximum absolute atomic E-state index is 14.2. The number of carbonyl (C=O) groups excluding carboxylic acids is 3. The second-order valence-electron chi connectivity index (χ2n) is 10.4. The van der Waals surface area contributed by atoms with Crippen LogP contribution in [0.4, 0.5) is 0 Å². The molecule has 4 heterocycles. The van der Waals surface area contributed by atoms with Crippen molar-refractivity contribution in [1.29, 1.82) is 0 Å². The Morgan fingerprint density at radius 3 is 2.53 bits per heavy atom. The molecular formula is C26H38N2O6. The smallest absolute Gasteiger partial charge is 0.313 e. The fourth-order valence-corrected chi connectivity index (χ4v) is 6.35. The van der Waals surface area contributed by atoms with Gasteiger partial charge in [-0.25, -0.2) is 0 Å². The van der Waals surface area contributed by atoms with Gasteiger partial charge in [0.05, 0.1) is 18.6 Å². The van der Waals surface area contributed by atoms with Crippen LogP contribution in [0.5, 0.6) is 0 Å². The number of fused-ring (bicyclic) bond motifs is 2. The zero-order chi connectivity index (χ0) is 24.7. The highest BCUT2D eigenvalue weighted by Gasteiger charge is 2.76. The minimum Gasteiger partial charge on any atom is -0.461 e. The van der Waals surface area contributed by atoms with Crippen LogP contribution in [0.3, 0.4) is 0 Å². The van der Waals surface area contributed by atoms with Gasteiger partial charge < -0.3 is 24.4 Å². The number of likely N-dealkylation sites (tertiary alicyclic amines) is 1. The summed E-state index contributed by atoms with van der Waals surface area (Å²) < 4.78 is 12.3. The molecule has 8 heteroatoms. The van der Waals surface area contributed by atoms with Gasteiger partial charge in [-0.1, -0.05) is 52.3 Å². The minimum atomic E-state index is -1.29. The number of esters is 1. The van der Waals surface area contributed by atoms with Crippen LogP contribution in [0.25, 0.3) is 0 Å². The predicted octanol–water partition coefficient (Wildman–Crippen LogP) is 2.07. The molecule has 2 fully saturated rings. The molecule has 2 saturated heterocycles. The lowest BCUT2D eigenvalue weighted by Gasteiger charge is -2.41. The van der Waals surface area contributed by atoms with Crippen LogP contribution in [-0.4, -0.2) is 82.3 Å². The van der Waals surface area contributed by atoms with Crippen LogP contribution in [0.1, 0.15) is 53.4 Å². The Morgan fingerprint density at radius 1 is 1.12 bits per heavy atom. The molecule has 188 valence electrons. The third-order valence-corrected chi connectivity index (χ3v) is 7.85. The molecule has 4 aliphatic rings. The largest absolute Gasteiger partial charge is 0.461 e. The van der Waals surface area contributed by atoms with Gasteiger partial charge >= 0.3 is 5.97 Å². The van der Waals surface area contributed by atoms with Crippen molar-refractivity contribution in [1.82, 2.24) is 9.80 Å². The van der Waals surface area contributed by atoms with E-state index in [1.165, 1.54) is 0 Å². The standard InChI is InChI=1S/C26H38N2O6/c1-5-7-12-27-13-8-11-26-19(20-24(32)33-14-9-10-25(20,6-2)34-26)22(30)28(21(26)23(27)31)18(16-29)15-17(3)4/h8-11,17-21,29H,5-7,12-16H2,1-4H3/t18-,19+,20+,21?,25-,26+/m1/s1. The van der Waals surface area contributed by atoms with E-state index in [1.54, 1.807) is 15.9 Å². The normalized spacial score (nSPS) is 35.7. The van der Waals surface area contributed by atoms with Crippen LogP contribution >= 0.6 is 0 Å². The van der Waals surface area contributed by atoms with Crippen molar-refractivity contribution in [2.24, 2.45) is 17.8 Å². The van der Waals surface area contributed by atoms with Gasteiger partial charge in [0, 0.05) is 13.1 Å². The number of hydrogen-bond donors (Lipinski definition) is 1. The zero-order valence-corrected chi connectivity index (χ0v) is 20.7. The molecule has 0 aromatic rings. The average Bonchev–Trinajstić information content (AvgIpc) is 3.09. The number of rotatable bonds is 8. The first-order valence-electron chi connectivity index (χ1n) is 12.7. The van der Waals surface area contributed by atoms with Crippen LogP contribution in [0.2, 0.25) is 0 Å². The Kier molecular flexibility index (Phi) is 6.93. The minimum absolute atomic E-state index is 0.133. The summed E-state index contributed by atoms with van der Waals surface area (Å²) in [5.74, 6) is -2.51. The zero-order valence-electron chi connectivity index (χ0n) is 20.7. The van der Waals surface area contributed by atoms with Gasteiger partial charge in [-0.2, -0.15) is 0 Å². The fourth-order valence-electron chi connectivity index (χ4n) is 6.35. The Hall–Kier alpha value is -2.19. The lowest BCUT2D eigenvalue weighted by Crippen LogP contribution is -2.59. The monoisotopic (exact) mass is 474 g/mol. The number of carbonyl (C=O) groups is 3. The van der Waals surface area contributed by atoms with Crippen LogP contribution < -0.4 is 0 Å². The summed E-state index contributed by atoms with van der Waals surface area (Å²) in [5, 5.41) is 10.3. The van der Waals surface area contributed by atoms with Gasteiger partial charge in [0.2, 0.25) is 11.8 Å². The third kappa shape index (κ3) is 3.70. The van der Waals surface area contributed by atoms with Gasteiger partial charge in [0.25, 0.3) is 0 Å². The van der Waals surface area contributed by atoms with E-state index in [2.05, 4.69) is 6.92 Å². The van der Waals surface area contributed by atoms with Crippen LogP contribution in [-0.2, 0) is 23.9 Å². The molecule has 4 rings (SSSR count). The number of aliphatic hydroxyl groups excluding tert-OH is 1. The predicted molar refractivity (Wildman–Crippen MR) is 126 cm³/mol. The van der Waals surface area contributed by atoms with E-state index >= 15 is 0 Å². The number of ether oxygens (including phenoxy) is 2. The molecule has 0 saturated carbocycles. The van der Waals surface area contributed by atoms with Gasteiger partial charge in [-0.05, 0) is 31.3 Å². The van der Waals surface area contributed by atoms with E-state index < -0.39 is 41.1 Å². The van der Waals surface area contributed by atoms with E-state index in [4.69, 9.17) is 9.47 Å². The van der Waals surface area contributed by atoms with Crippen molar-refractivity contribution in [3.05, 3.63) is 24.3 Å². The maximum Gasteiger partial charge on any atom is 0.313 e. The Bertz CT molecular complexity index is 885. The van der Waals surface area contributed by atoms with E-state index in [9.17, 15) is 19.5 Å². The summed E-state index contributed by atoms with van der Waals surface area (Å²) >= 11 is 0. The molecule has 2 amide bonds. The van der Waals surface area contributed by atoms with Crippen molar-refractivity contribution in [3.63, 3.8) is 0 Å². The molecule has 34 heavy (non-hydrogen) atoms. The Morgan fingerprint density at radius 2 is 1.88 bits per heavy atom. The summed E-state index contributed by atoms with van der Waals surface area (Å²) in [6.45, 7) is 8.92. The van der Waals surface area contributed by atoms with Crippen LogP contribution in [0.15, 0.2) is 24.3 Å². The molecule has 1 unspecified atom stereocenters. The maximum atomic E-state index is 14.2. The number of unbranched alkanes of at least 4 members (excludes halogenated alkanes) is 1. The molecule has 1 spiro atoms. The highest BCUT2D eigenvalue weighted by Crippen LogP contribution is 2.58. The topological polar surface area (TPSA) is 96.4 Å². The highest BCUT2D eigenvalue weighted by atomic mass is 16.6. The summed E-state index contributed by atoms with van der Waals surface area (Å²) in [7, 11) is 0. The molecule has 0 aromatic heterocycles. The fraction of sp³-hybridized carbons (Fsp3) is 0.731. The second-order valence-corrected chi connectivity index (χ2v) is 10.4. The first-order valence-corrected chi connectivity index (χ1v) is 12.7. The number of cyclic esters (lactones) is 1. The third-order valence-electron chi connectivity index (χ3n) is 7.85. The lowest BCUT2D eigenvalue weighted by molar-refractivity contribution is -0.161. The summed E-state index contributed by atoms with van der Waals surface area (Å²) in [5.41, 5.74) is -2.31. The summed E-state index contributed by atoms with van der Waals surface area (Å²) in [6.07, 6.45) is 10.2. The molecular weight excluding hydrogens is 436 g/mol. The van der Waals surface area contributed by atoms with Crippen molar-refractivity contribution in [2.75, 3.05) is 26.3 Å². The first-order chi connectivity index (χ1) is 16.3. The molecule has 1 N–H and O–H groups in total. The molecule has 8 nitrogen and oxygen atoms in total. The van der Waals surface area contributed by atoms with Crippen molar-refractivity contribution in [2.45, 2.75) is 76.7 Å². The van der Waals surface area contributed by atoms with Crippen molar-refractivity contribution in [3.8, 4) is 0 Å². The molecule has 0 aliphatic carbocycles. The Balaban J connectivity index is 1.88. The molecule has 0 aromatic carbocycles. The SMILES string of the molecule is CCCCN1CC=C[C@]23O[C@]4(CC)C=CCOC(=O)[C@@H]4[C@H]2C(=O)N([C@@H](CO)CC(C)C)C3C1=O. The first kappa shape index (κ1) is 24.9. The summed E-state index contributed by atoms with van der Waals surface area (Å²) in [6, 6.07) is -1.48. The van der Waals surface area contributed by atoms with Gasteiger partial charge in [-0.15, -0.1) is 0 Å². The van der Waals surface area contributed by atoms with E-state index in [1.807, 2.05) is 39.0 Å². The number of amides is 2.